The summed E-state index contributed by atoms with van der Waals surface area (Å²) in [6.45, 7) is 4.47. The van der Waals surface area contributed by atoms with E-state index in [1.807, 2.05) is 25.1 Å². The molecule has 32 heavy (non-hydrogen) atoms. The number of benzene rings is 2. The van der Waals surface area contributed by atoms with E-state index in [1.165, 1.54) is 0 Å². The van der Waals surface area contributed by atoms with Crippen LogP contribution in [0.15, 0.2) is 48.5 Å². The maximum atomic E-state index is 13.0. The average molecular weight is 438 g/mol. The molecule has 0 radical (unpaired) electrons. The highest BCUT2D eigenvalue weighted by atomic mass is 16.5. The van der Waals surface area contributed by atoms with Crippen LogP contribution in [0.25, 0.3) is 0 Å². The van der Waals surface area contributed by atoms with Crippen molar-refractivity contribution >= 4 is 23.4 Å². The third-order valence-electron chi connectivity index (χ3n) is 5.18. The zero-order valence-electron chi connectivity index (χ0n) is 18.7. The predicted octanol–water partition coefficient (Wildman–Crippen LogP) is 3.53. The van der Waals surface area contributed by atoms with E-state index in [0.29, 0.717) is 17.9 Å². The minimum absolute atomic E-state index is 0.0647. The average Bonchev–Trinajstić information content (AvgIpc) is 3.62. The molecule has 7 heteroatoms. The van der Waals surface area contributed by atoms with E-state index in [4.69, 9.17) is 4.74 Å². The SMILES string of the molecule is CCCCOc1ccc(C(=O)N(CC(=O)NCC(=O)Nc2cccc(C)c2)C2CC2)cc1. The molecule has 1 aliphatic rings. The molecule has 0 aromatic heterocycles. The van der Waals surface area contributed by atoms with Crippen LogP contribution in [-0.4, -0.2) is 48.4 Å². The Morgan fingerprint density at radius 3 is 2.47 bits per heavy atom. The van der Waals surface area contributed by atoms with Crippen molar-refractivity contribution in [3.05, 3.63) is 59.7 Å². The van der Waals surface area contributed by atoms with Crippen molar-refractivity contribution < 1.29 is 19.1 Å². The standard InChI is InChI=1S/C25H31N3O4/c1-3-4-14-32-22-12-8-19(9-13-22)25(31)28(21-10-11-21)17-24(30)26-16-23(29)27-20-7-5-6-18(2)15-20/h5-9,12-13,15,21H,3-4,10-11,14,16-17H2,1-2H3,(H,26,30)(H,27,29). The summed E-state index contributed by atoms with van der Waals surface area (Å²) in [7, 11) is 0. The molecule has 3 amide bonds. The van der Waals surface area contributed by atoms with Crippen molar-refractivity contribution in [2.45, 2.75) is 45.6 Å². The van der Waals surface area contributed by atoms with Crippen LogP contribution >= 0.6 is 0 Å². The maximum Gasteiger partial charge on any atom is 0.254 e. The third-order valence-corrected chi connectivity index (χ3v) is 5.18. The minimum atomic E-state index is -0.357. The lowest BCUT2D eigenvalue weighted by Gasteiger charge is -2.22. The van der Waals surface area contributed by atoms with Gasteiger partial charge in [-0.1, -0.05) is 25.5 Å². The minimum Gasteiger partial charge on any atom is -0.494 e. The second kappa shape index (κ2) is 11.3. The van der Waals surface area contributed by atoms with Crippen LogP contribution in [0, 0.1) is 6.92 Å². The second-order valence-corrected chi connectivity index (χ2v) is 8.09. The Bertz CT molecular complexity index is 938. The Morgan fingerprint density at radius 1 is 1.06 bits per heavy atom. The van der Waals surface area contributed by atoms with Gasteiger partial charge in [0.05, 0.1) is 13.2 Å². The maximum absolute atomic E-state index is 13.0. The number of amides is 3. The van der Waals surface area contributed by atoms with Crippen molar-refractivity contribution in [2.24, 2.45) is 0 Å². The van der Waals surface area contributed by atoms with Gasteiger partial charge in [0.25, 0.3) is 5.91 Å². The van der Waals surface area contributed by atoms with Crippen LogP contribution in [0.1, 0.15) is 48.5 Å². The fourth-order valence-electron chi connectivity index (χ4n) is 3.26. The van der Waals surface area contributed by atoms with E-state index in [9.17, 15) is 14.4 Å². The largest absolute Gasteiger partial charge is 0.494 e. The van der Waals surface area contributed by atoms with Crippen molar-refractivity contribution in [3.8, 4) is 5.75 Å². The molecule has 1 aliphatic carbocycles. The second-order valence-electron chi connectivity index (χ2n) is 8.09. The normalized spacial score (nSPS) is 12.7. The van der Waals surface area contributed by atoms with Crippen molar-refractivity contribution in [1.82, 2.24) is 10.2 Å². The first-order valence-corrected chi connectivity index (χ1v) is 11.1. The summed E-state index contributed by atoms with van der Waals surface area (Å²) in [6, 6.07) is 14.5. The van der Waals surface area contributed by atoms with Gasteiger partial charge in [0, 0.05) is 17.3 Å². The molecule has 0 aliphatic heterocycles. The molecule has 0 atom stereocenters. The molecule has 0 spiro atoms. The number of unbranched alkanes of at least 4 members (excludes halogenated alkanes) is 1. The van der Waals surface area contributed by atoms with Gasteiger partial charge in [0.15, 0.2) is 0 Å². The summed E-state index contributed by atoms with van der Waals surface area (Å²) in [5, 5.41) is 5.36. The Hall–Kier alpha value is -3.35. The first kappa shape index (κ1) is 23.3. The summed E-state index contributed by atoms with van der Waals surface area (Å²) < 4.78 is 5.64. The summed E-state index contributed by atoms with van der Waals surface area (Å²) in [5.74, 6) is -0.131. The Kier molecular flexibility index (Phi) is 8.25. The van der Waals surface area contributed by atoms with Gasteiger partial charge >= 0.3 is 0 Å². The summed E-state index contributed by atoms with van der Waals surface area (Å²) in [6.07, 6.45) is 3.80. The van der Waals surface area contributed by atoms with Gasteiger partial charge in [-0.25, -0.2) is 0 Å². The summed E-state index contributed by atoms with van der Waals surface area (Å²) >= 11 is 0. The number of nitrogens with zero attached hydrogens (tertiary/aromatic N) is 1. The van der Waals surface area contributed by atoms with Crippen molar-refractivity contribution in [1.29, 1.82) is 0 Å². The quantitative estimate of drug-likeness (QED) is 0.527. The highest BCUT2D eigenvalue weighted by Gasteiger charge is 2.34. The molecule has 170 valence electrons. The van der Waals surface area contributed by atoms with Crippen LogP contribution in [0.5, 0.6) is 5.75 Å². The molecule has 0 heterocycles. The number of rotatable bonds is 11. The van der Waals surface area contributed by atoms with Gasteiger partial charge in [-0.05, 0) is 68.1 Å². The fraction of sp³-hybridized carbons (Fsp3) is 0.400. The van der Waals surface area contributed by atoms with Gasteiger partial charge in [0.2, 0.25) is 11.8 Å². The zero-order chi connectivity index (χ0) is 22.9. The molecule has 0 bridgehead atoms. The monoisotopic (exact) mass is 437 g/mol. The molecule has 2 aromatic rings. The summed E-state index contributed by atoms with van der Waals surface area (Å²) in [5.41, 5.74) is 2.23. The molecule has 2 aromatic carbocycles. The molecule has 3 rings (SSSR count). The van der Waals surface area contributed by atoms with Crippen molar-refractivity contribution in [3.63, 3.8) is 0 Å². The number of nitrogens with one attached hydrogen (secondary N) is 2. The van der Waals surface area contributed by atoms with Crippen LogP contribution in [-0.2, 0) is 9.59 Å². The molecule has 7 nitrogen and oxygen atoms in total. The van der Waals surface area contributed by atoms with Crippen LogP contribution in [0.4, 0.5) is 5.69 Å². The molecule has 0 saturated heterocycles. The number of aryl methyl sites for hydroxylation is 1. The highest BCUT2D eigenvalue weighted by Crippen LogP contribution is 2.28. The molecular formula is C25H31N3O4. The highest BCUT2D eigenvalue weighted by molar-refractivity contribution is 5.98. The molecule has 1 saturated carbocycles. The van der Waals surface area contributed by atoms with Crippen LogP contribution in [0.2, 0.25) is 0 Å². The fourth-order valence-corrected chi connectivity index (χ4v) is 3.26. The molecular weight excluding hydrogens is 406 g/mol. The van der Waals surface area contributed by atoms with E-state index in [2.05, 4.69) is 17.6 Å². The number of anilines is 1. The number of hydrogen-bond donors (Lipinski definition) is 2. The van der Waals surface area contributed by atoms with E-state index in [1.54, 1.807) is 35.2 Å². The predicted molar refractivity (Wildman–Crippen MR) is 124 cm³/mol. The van der Waals surface area contributed by atoms with Crippen LogP contribution < -0.4 is 15.4 Å². The van der Waals surface area contributed by atoms with Gasteiger partial charge < -0.3 is 20.3 Å². The van der Waals surface area contributed by atoms with Gasteiger partial charge in [-0.15, -0.1) is 0 Å². The Morgan fingerprint density at radius 2 is 1.81 bits per heavy atom. The summed E-state index contributed by atoms with van der Waals surface area (Å²) in [4.78, 5) is 39.1. The van der Waals surface area contributed by atoms with Gasteiger partial charge in [0.1, 0.15) is 12.3 Å². The lowest BCUT2D eigenvalue weighted by atomic mass is 10.2. The Labute approximate surface area is 189 Å². The van der Waals surface area contributed by atoms with E-state index in [0.717, 1.165) is 37.0 Å². The van der Waals surface area contributed by atoms with E-state index >= 15 is 0 Å². The van der Waals surface area contributed by atoms with Crippen molar-refractivity contribution in [2.75, 3.05) is 25.0 Å². The lowest BCUT2D eigenvalue weighted by Crippen LogP contribution is -2.43. The lowest BCUT2D eigenvalue weighted by molar-refractivity contribution is -0.124. The first-order chi connectivity index (χ1) is 15.5. The number of ether oxygens (including phenoxy) is 1. The van der Waals surface area contributed by atoms with Gasteiger partial charge in [-0.2, -0.15) is 0 Å². The number of carbonyl (C=O) groups excluding carboxylic acids is 3. The molecule has 2 N–H and O–H groups in total. The smallest absolute Gasteiger partial charge is 0.254 e. The van der Waals surface area contributed by atoms with E-state index < -0.39 is 0 Å². The first-order valence-electron chi connectivity index (χ1n) is 11.1. The Balaban J connectivity index is 1.50. The van der Waals surface area contributed by atoms with E-state index in [-0.39, 0.29) is 36.9 Å². The van der Waals surface area contributed by atoms with Crippen LogP contribution in [0.3, 0.4) is 0 Å². The molecule has 1 fully saturated rings. The third kappa shape index (κ3) is 7.11. The topological polar surface area (TPSA) is 87.7 Å². The number of hydrogen-bond acceptors (Lipinski definition) is 4. The zero-order valence-corrected chi connectivity index (χ0v) is 18.7. The number of carbonyl (C=O) groups is 3. The van der Waals surface area contributed by atoms with Gasteiger partial charge in [-0.3, -0.25) is 14.4 Å². The molecule has 0 unspecified atom stereocenters.